The highest BCUT2D eigenvalue weighted by Gasteiger charge is 2.23. The summed E-state index contributed by atoms with van der Waals surface area (Å²) in [5, 5.41) is 0.640. The number of aryl methyl sites for hydroxylation is 1. The molecule has 1 heterocycles. The summed E-state index contributed by atoms with van der Waals surface area (Å²) in [5.74, 6) is 0.120. The van der Waals surface area contributed by atoms with Gasteiger partial charge in [0, 0.05) is 36.8 Å². The zero-order valence-corrected chi connectivity index (χ0v) is 15.7. The van der Waals surface area contributed by atoms with Crippen LogP contribution in [0.1, 0.15) is 27.9 Å². The van der Waals surface area contributed by atoms with Crippen LogP contribution in [0.4, 0.5) is 0 Å². The third-order valence-corrected chi connectivity index (χ3v) is 4.88. The second-order valence-corrected chi connectivity index (χ2v) is 7.14. The highest BCUT2D eigenvalue weighted by atomic mass is 35.5. The normalized spacial score (nSPS) is 14.8. The number of benzene rings is 2. The Morgan fingerprint density at radius 1 is 0.962 bits per heavy atom. The first-order valence-electron chi connectivity index (χ1n) is 8.91. The molecular weight excluding hydrogens is 348 g/mol. The summed E-state index contributed by atoms with van der Waals surface area (Å²) in [5.41, 5.74) is 2.70. The van der Waals surface area contributed by atoms with E-state index in [9.17, 15) is 9.59 Å². The number of nitrogens with zero attached hydrogens (tertiary/aromatic N) is 2. The van der Waals surface area contributed by atoms with E-state index in [0.717, 1.165) is 17.5 Å². The Bertz CT molecular complexity index is 806. The molecular formula is C21H23ClN2O2. The molecule has 0 radical (unpaired) electrons. The van der Waals surface area contributed by atoms with Crippen molar-refractivity contribution in [3.8, 4) is 0 Å². The molecule has 0 saturated carbocycles. The Morgan fingerprint density at radius 2 is 1.69 bits per heavy atom. The summed E-state index contributed by atoms with van der Waals surface area (Å²) in [4.78, 5) is 29.0. The highest BCUT2D eigenvalue weighted by molar-refractivity contribution is 6.30. The van der Waals surface area contributed by atoms with Gasteiger partial charge in [-0.15, -0.1) is 0 Å². The molecule has 0 atom stereocenters. The van der Waals surface area contributed by atoms with Crippen LogP contribution < -0.4 is 0 Å². The number of carbonyl (C=O) groups excluding carboxylic acids is 2. The molecule has 3 rings (SSSR count). The van der Waals surface area contributed by atoms with Crippen LogP contribution in [-0.4, -0.2) is 47.8 Å². The second kappa shape index (κ2) is 8.37. The number of amides is 2. The topological polar surface area (TPSA) is 40.6 Å². The first-order chi connectivity index (χ1) is 12.5. The third-order valence-electron chi connectivity index (χ3n) is 4.65. The third kappa shape index (κ3) is 4.64. The van der Waals surface area contributed by atoms with E-state index in [-0.39, 0.29) is 11.8 Å². The quantitative estimate of drug-likeness (QED) is 0.828. The zero-order chi connectivity index (χ0) is 18.5. The highest BCUT2D eigenvalue weighted by Crippen LogP contribution is 2.14. The van der Waals surface area contributed by atoms with E-state index in [1.54, 1.807) is 6.07 Å². The van der Waals surface area contributed by atoms with Gasteiger partial charge in [0.15, 0.2) is 0 Å². The Kier molecular flexibility index (Phi) is 5.94. The molecule has 0 unspecified atom stereocenters. The molecule has 0 bridgehead atoms. The first-order valence-corrected chi connectivity index (χ1v) is 9.29. The summed E-state index contributed by atoms with van der Waals surface area (Å²) in [7, 11) is 0. The molecule has 4 nitrogen and oxygen atoms in total. The van der Waals surface area contributed by atoms with Crippen molar-refractivity contribution in [1.82, 2.24) is 9.80 Å². The summed E-state index contributed by atoms with van der Waals surface area (Å²) >= 11 is 5.99. The van der Waals surface area contributed by atoms with Crippen molar-refractivity contribution in [2.75, 3.05) is 26.2 Å². The van der Waals surface area contributed by atoms with E-state index in [1.165, 1.54) is 0 Å². The van der Waals surface area contributed by atoms with E-state index in [2.05, 4.69) is 0 Å². The van der Waals surface area contributed by atoms with Gasteiger partial charge in [-0.25, -0.2) is 0 Å². The Hall–Kier alpha value is -2.33. The largest absolute Gasteiger partial charge is 0.341 e. The molecule has 26 heavy (non-hydrogen) atoms. The van der Waals surface area contributed by atoms with Gasteiger partial charge >= 0.3 is 0 Å². The SMILES string of the molecule is Cc1cccc(C(=O)N2CCCN(C(=O)Cc3cccc(Cl)c3)CC2)c1. The minimum atomic E-state index is 0.0397. The van der Waals surface area contributed by atoms with Gasteiger partial charge in [0.1, 0.15) is 0 Å². The fraction of sp³-hybridized carbons (Fsp3) is 0.333. The summed E-state index contributed by atoms with van der Waals surface area (Å²) < 4.78 is 0. The van der Waals surface area contributed by atoms with Crippen LogP contribution in [0, 0.1) is 6.92 Å². The summed E-state index contributed by atoms with van der Waals surface area (Å²) in [6, 6.07) is 15.0. The van der Waals surface area contributed by atoms with Crippen LogP contribution in [0.3, 0.4) is 0 Å². The lowest BCUT2D eigenvalue weighted by atomic mass is 10.1. The Labute approximate surface area is 159 Å². The average Bonchev–Trinajstić information content (AvgIpc) is 2.87. The number of hydrogen-bond donors (Lipinski definition) is 0. The number of carbonyl (C=O) groups is 2. The van der Waals surface area contributed by atoms with Gasteiger partial charge in [-0.1, -0.05) is 41.4 Å². The molecule has 0 aromatic heterocycles. The van der Waals surface area contributed by atoms with Gasteiger partial charge < -0.3 is 9.80 Å². The van der Waals surface area contributed by atoms with Crippen molar-refractivity contribution in [3.63, 3.8) is 0 Å². The minimum Gasteiger partial charge on any atom is -0.341 e. The standard InChI is InChI=1S/C21H23ClN2O2/c1-16-5-2-7-18(13-16)21(26)24-10-4-9-23(11-12-24)20(25)15-17-6-3-8-19(22)14-17/h2-3,5-8,13-14H,4,9-12,15H2,1H3. The molecule has 5 heteroatoms. The fourth-order valence-corrected chi connectivity index (χ4v) is 3.48. The van der Waals surface area contributed by atoms with Gasteiger partial charge in [-0.05, 0) is 43.2 Å². The summed E-state index contributed by atoms with van der Waals surface area (Å²) in [6.45, 7) is 4.46. The molecule has 1 fully saturated rings. The van der Waals surface area contributed by atoms with Crippen molar-refractivity contribution in [3.05, 3.63) is 70.2 Å². The van der Waals surface area contributed by atoms with Gasteiger partial charge in [-0.2, -0.15) is 0 Å². The molecule has 0 spiro atoms. The van der Waals surface area contributed by atoms with Crippen LogP contribution in [-0.2, 0) is 11.2 Å². The maximum absolute atomic E-state index is 12.7. The molecule has 1 aliphatic rings. The van der Waals surface area contributed by atoms with Crippen LogP contribution in [0.15, 0.2) is 48.5 Å². The molecule has 1 aliphatic heterocycles. The van der Waals surface area contributed by atoms with E-state index in [0.29, 0.717) is 43.2 Å². The van der Waals surface area contributed by atoms with Crippen LogP contribution in [0.5, 0.6) is 0 Å². The van der Waals surface area contributed by atoms with Crippen molar-refractivity contribution >= 4 is 23.4 Å². The second-order valence-electron chi connectivity index (χ2n) is 6.70. The average molecular weight is 371 g/mol. The number of rotatable bonds is 3. The van der Waals surface area contributed by atoms with Crippen molar-refractivity contribution in [1.29, 1.82) is 0 Å². The number of hydrogen-bond acceptors (Lipinski definition) is 2. The predicted molar refractivity (Wildman–Crippen MR) is 103 cm³/mol. The van der Waals surface area contributed by atoms with Crippen molar-refractivity contribution in [2.45, 2.75) is 19.8 Å². The molecule has 1 saturated heterocycles. The van der Waals surface area contributed by atoms with Gasteiger partial charge in [0.2, 0.25) is 5.91 Å². The Balaban J connectivity index is 1.61. The lowest BCUT2D eigenvalue weighted by Crippen LogP contribution is -2.38. The fourth-order valence-electron chi connectivity index (χ4n) is 3.26. The van der Waals surface area contributed by atoms with Crippen molar-refractivity contribution in [2.24, 2.45) is 0 Å². The van der Waals surface area contributed by atoms with Gasteiger partial charge in [0.05, 0.1) is 6.42 Å². The van der Waals surface area contributed by atoms with E-state index in [1.807, 2.05) is 59.2 Å². The van der Waals surface area contributed by atoms with E-state index < -0.39 is 0 Å². The van der Waals surface area contributed by atoms with Gasteiger partial charge in [-0.3, -0.25) is 9.59 Å². The first kappa shape index (κ1) is 18.5. The molecule has 136 valence electrons. The van der Waals surface area contributed by atoms with Crippen molar-refractivity contribution < 1.29 is 9.59 Å². The lowest BCUT2D eigenvalue weighted by Gasteiger charge is -2.22. The van der Waals surface area contributed by atoms with E-state index in [4.69, 9.17) is 11.6 Å². The van der Waals surface area contributed by atoms with Gasteiger partial charge in [0.25, 0.3) is 5.91 Å². The molecule has 2 aromatic rings. The predicted octanol–water partition coefficient (Wildman–Crippen LogP) is 3.57. The maximum Gasteiger partial charge on any atom is 0.253 e. The zero-order valence-electron chi connectivity index (χ0n) is 15.0. The molecule has 0 N–H and O–H groups in total. The van der Waals surface area contributed by atoms with Crippen LogP contribution in [0.25, 0.3) is 0 Å². The molecule has 0 aliphatic carbocycles. The minimum absolute atomic E-state index is 0.0397. The Morgan fingerprint density at radius 3 is 2.46 bits per heavy atom. The lowest BCUT2D eigenvalue weighted by molar-refractivity contribution is -0.130. The summed E-state index contributed by atoms with van der Waals surface area (Å²) in [6.07, 6.45) is 1.13. The monoisotopic (exact) mass is 370 g/mol. The van der Waals surface area contributed by atoms with E-state index >= 15 is 0 Å². The smallest absolute Gasteiger partial charge is 0.253 e. The molecule has 2 aromatic carbocycles. The van der Waals surface area contributed by atoms with Crippen LogP contribution in [0.2, 0.25) is 5.02 Å². The molecule has 2 amide bonds. The maximum atomic E-state index is 12.7. The van der Waals surface area contributed by atoms with Crippen LogP contribution >= 0.6 is 11.6 Å². The number of halogens is 1.